The molecule has 3 aromatic rings. The Labute approximate surface area is 202 Å². The van der Waals surface area contributed by atoms with E-state index in [0.717, 1.165) is 17.5 Å². The lowest BCUT2D eigenvalue weighted by Gasteiger charge is -2.15. The van der Waals surface area contributed by atoms with Crippen molar-refractivity contribution in [2.45, 2.75) is 47.5 Å². The normalized spacial score (nSPS) is 9.44. The van der Waals surface area contributed by atoms with Crippen LogP contribution in [0.5, 0.6) is 11.5 Å². The number of hydrogen-bond donors (Lipinski definition) is 2. The van der Waals surface area contributed by atoms with Crippen molar-refractivity contribution < 1.29 is 19.4 Å². The first kappa shape index (κ1) is 28.1. The highest BCUT2D eigenvalue weighted by Crippen LogP contribution is 2.29. The van der Waals surface area contributed by atoms with E-state index in [1.54, 1.807) is 61.8 Å². The summed E-state index contributed by atoms with van der Waals surface area (Å²) in [6.07, 6.45) is 6.23. The molecular weight excluding hydrogens is 428 g/mol. The molecule has 0 aliphatic heterocycles. The molecule has 0 bridgehead atoms. The Hall–Kier alpha value is -3.93. The number of carbonyl (C=O) groups is 2. The number of anilines is 1. The molecule has 180 valence electrons. The lowest BCUT2D eigenvalue weighted by Crippen LogP contribution is -2.18. The minimum atomic E-state index is -0.476. The number of nitrogens with zero attached hydrogens (tertiary/aromatic N) is 1. The second kappa shape index (κ2) is 15.0. The third kappa shape index (κ3) is 8.54. The van der Waals surface area contributed by atoms with Crippen molar-refractivity contribution in [3.8, 4) is 11.5 Å². The van der Waals surface area contributed by atoms with E-state index in [2.05, 4.69) is 23.8 Å². The molecule has 0 radical (unpaired) electrons. The van der Waals surface area contributed by atoms with E-state index in [4.69, 9.17) is 4.74 Å². The van der Waals surface area contributed by atoms with Crippen molar-refractivity contribution >= 4 is 17.6 Å². The van der Waals surface area contributed by atoms with Gasteiger partial charge in [0.1, 0.15) is 11.5 Å². The minimum absolute atomic E-state index is 0.0454. The van der Waals surface area contributed by atoms with E-state index in [1.807, 2.05) is 26.8 Å². The van der Waals surface area contributed by atoms with Gasteiger partial charge in [-0.15, -0.1) is 6.58 Å². The predicted octanol–water partition coefficient (Wildman–Crippen LogP) is 6.41. The van der Waals surface area contributed by atoms with Crippen LogP contribution in [0.1, 0.15) is 54.2 Å². The third-order valence-electron chi connectivity index (χ3n) is 4.68. The smallest absolute Gasteiger partial charge is 0.315 e. The molecular formula is C28H34N2O4. The first-order chi connectivity index (χ1) is 16.4. The first-order valence-electron chi connectivity index (χ1n) is 11.3. The van der Waals surface area contributed by atoms with Gasteiger partial charge in [0.15, 0.2) is 0 Å². The van der Waals surface area contributed by atoms with Gasteiger partial charge in [-0.2, -0.15) is 0 Å². The van der Waals surface area contributed by atoms with Crippen molar-refractivity contribution in [3.63, 3.8) is 0 Å². The number of benzene rings is 2. The van der Waals surface area contributed by atoms with Crippen LogP contribution in [-0.2, 0) is 11.2 Å². The van der Waals surface area contributed by atoms with Crippen molar-refractivity contribution in [2.75, 3.05) is 5.32 Å². The van der Waals surface area contributed by atoms with Gasteiger partial charge in [-0.1, -0.05) is 45.0 Å². The van der Waals surface area contributed by atoms with E-state index in [0.29, 0.717) is 5.56 Å². The summed E-state index contributed by atoms with van der Waals surface area (Å²) in [6, 6.07) is 13.3. The van der Waals surface area contributed by atoms with Crippen LogP contribution in [0.25, 0.3) is 0 Å². The SMILES string of the molecule is C=CCC.CC.Cc1ccc(C(=O)Nc2ccccc2O)c(OC(=O)Cc2ccncc2)c1C. The zero-order valence-corrected chi connectivity index (χ0v) is 20.6. The zero-order chi connectivity index (χ0) is 25.5. The summed E-state index contributed by atoms with van der Waals surface area (Å²) < 4.78 is 5.57. The number of pyridine rings is 1. The maximum absolute atomic E-state index is 12.8. The number of phenolic OH excluding ortho intramolecular Hbond substituents is 1. The van der Waals surface area contributed by atoms with Crippen LogP contribution in [0.15, 0.2) is 73.6 Å². The number of aromatic nitrogens is 1. The van der Waals surface area contributed by atoms with Crippen LogP contribution in [0.4, 0.5) is 5.69 Å². The van der Waals surface area contributed by atoms with E-state index >= 15 is 0 Å². The van der Waals surface area contributed by atoms with Crippen molar-refractivity contribution in [2.24, 2.45) is 0 Å². The summed E-state index contributed by atoms with van der Waals surface area (Å²) >= 11 is 0. The fraction of sp³-hybridized carbons (Fsp3) is 0.250. The molecule has 0 atom stereocenters. The van der Waals surface area contributed by atoms with Gasteiger partial charge in [-0.3, -0.25) is 14.6 Å². The Balaban J connectivity index is 0.000000872. The van der Waals surface area contributed by atoms with Crippen LogP contribution in [-0.4, -0.2) is 22.0 Å². The topological polar surface area (TPSA) is 88.5 Å². The van der Waals surface area contributed by atoms with E-state index in [-0.39, 0.29) is 29.2 Å². The van der Waals surface area contributed by atoms with Crippen LogP contribution in [0.3, 0.4) is 0 Å². The molecule has 2 aromatic carbocycles. The van der Waals surface area contributed by atoms with Crippen LogP contribution in [0, 0.1) is 13.8 Å². The highest BCUT2D eigenvalue weighted by molar-refractivity contribution is 6.07. The predicted molar refractivity (Wildman–Crippen MR) is 137 cm³/mol. The molecule has 1 amide bonds. The fourth-order valence-electron chi connectivity index (χ4n) is 2.69. The maximum atomic E-state index is 12.8. The summed E-state index contributed by atoms with van der Waals surface area (Å²) in [4.78, 5) is 29.1. The van der Waals surface area contributed by atoms with Gasteiger partial charge >= 0.3 is 5.97 Å². The van der Waals surface area contributed by atoms with Gasteiger partial charge in [0.2, 0.25) is 0 Å². The maximum Gasteiger partial charge on any atom is 0.315 e. The molecule has 0 unspecified atom stereocenters. The van der Waals surface area contributed by atoms with E-state index in [1.165, 1.54) is 6.07 Å². The molecule has 0 aliphatic rings. The average molecular weight is 463 g/mol. The highest BCUT2D eigenvalue weighted by Gasteiger charge is 2.20. The molecule has 1 aromatic heterocycles. The molecule has 1 heterocycles. The first-order valence-corrected chi connectivity index (χ1v) is 11.3. The molecule has 6 nitrogen and oxygen atoms in total. The number of aromatic hydroxyl groups is 1. The number of nitrogens with one attached hydrogen (secondary N) is 1. The number of aryl methyl sites for hydroxylation is 1. The standard InChI is InChI=1S/C22H20N2O4.C4H8.C2H6/c1-14-7-8-17(22(27)24-18-5-3-4-6-19(18)25)21(15(14)2)28-20(26)13-16-9-11-23-12-10-16;1-3-4-2;1-2/h3-12,25H,13H2,1-2H3,(H,24,27);3H,1,4H2,2H3;1-2H3. The summed E-state index contributed by atoms with van der Waals surface area (Å²) in [5.41, 5.74) is 2.86. The number of ether oxygens (including phenoxy) is 1. The van der Waals surface area contributed by atoms with Gasteiger partial charge in [-0.05, 0) is 67.3 Å². The quantitative estimate of drug-likeness (QED) is 0.191. The number of rotatable bonds is 6. The monoisotopic (exact) mass is 462 g/mol. The molecule has 0 fully saturated rings. The number of phenols is 1. The van der Waals surface area contributed by atoms with Gasteiger partial charge in [0, 0.05) is 12.4 Å². The van der Waals surface area contributed by atoms with Gasteiger partial charge in [-0.25, -0.2) is 0 Å². The Kier molecular flexibility index (Phi) is 12.4. The van der Waals surface area contributed by atoms with Crippen molar-refractivity contribution in [1.82, 2.24) is 4.98 Å². The zero-order valence-electron chi connectivity index (χ0n) is 20.6. The number of allylic oxidation sites excluding steroid dienone is 1. The summed E-state index contributed by atoms with van der Waals surface area (Å²) in [5.74, 6) is -0.782. The van der Waals surface area contributed by atoms with Crippen LogP contribution in [0.2, 0.25) is 0 Å². The number of carbonyl (C=O) groups excluding carboxylic acids is 2. The number of amides is 1. The molecule has 0 saturated heterocycles. The Bertz CT molecular complexity index is 1080. The van der Waals surface area contributed by atoms with Crippen molar-refractivity contribution in [1.29, 1.82) is 0 Å². The van der Waals surface area contributed by atoms with Gasteiger partial charge in [0.25, 0.3) is 5.91 Å². The molecule has 34 heavy (non-hydrogen) atoms. The molecule has 0 spiro atoms. The summed E-state index contributed by atoms with van der Waals surface area (Å²) in [5, 5.41) is 12.5. The Morgan fingerprint density at radius 1 is 1.06 bits per heavy atom. The lowest BCUT2D eigenvalue weighted by atomic mass is 10.0. The van der Waals surface area contributed by atoms with Gasteiger partial charge in [0.05, 0.1) is 17.7 Å². The number of hydrogen-bond acceptors (Lipinski definition) is 5. The van der Waals surface area contributed by atoms with Gasteiger partial charge < -0.3 is 15.2 Å². The third-order valence-corrected chi connectivity index (χ3v) is 4.68. The molecule has 2 N–H and O–H groups in total. The number of esters is 1. The average Bonchev–Trinajstić information content (AvgIpc) is 2.85. The largest absolute Gasteiger partial charge is 0.506 e. The molecule has 6 heteroatoms. The minimum Gasteiger partial charge on any atom is -0.506 e. The number of para-hydroxylation sites is 2. The van der Waals surface area contributed by atoms with Crippen LogP contribution >= 0.6 is 0 Å². The Morgan fingerprint density at radius 3 is 2.26 bits per heavy atom. The molecule has 3 rings (SSSR count). The van der Waals surface area contributed by atoms with Crippen molar-refractivity contribution in [3.05, 3.63) is 95.8 Å². The van der Waals surface area contributed by atoms with E-state index < -0.39 is 11.9 Å². The summed E-state index contributed by atoms with van der Waals surface area (Å²) in [7, 11) is 0. The van der Waals surface area contributed by atoms with Crippen LogP contribution < -0.4 is 10.1 Å². The second-order valence-corrected chi connectivity index (χ2v) is 7.06. The lowest BCUT2D eigenvalue weighted by molar-refractivity contribution is -0.133. The molecule has 0 saturated carbocycles. The fourth-order valence-corrected chi connectivity index (χ4v) is 2.69. The molecule has 0 aliphatic carbocycles. The Morgan fingerprint density at radius 2 is 1.68 bits per heavy atom. The highest BCUT2D eigenvalue weighted by atomic mass is 16.5. The summed E-state index contributed by atoms with van der Waals surface area (Å²) in [6.45, 7) is 13.2. The van der Waals surface area contributed by atoms with E-state index in [9.17, 15) is 14.7 Å². The second-order valence-electron chi connectivity index (χ2n) is 7.06.